The number of aromatic nitrogens is 3. The Balaban J connectivity index is 0.00000181. The second-order valence-corrected chi connectivity index (χ2v) is 9.75. The van der Waals surface area contributed by atoms with Crippen LogP contribution in [-0.2, 0) is 24.6 Å². The third kappa shape index (κ3) is 4.12. The maximum atomic E-state index is 12.9. The van der Waals surface area contributed by atoms with Gasteiger partial charge in [-0.25, -0.2) is 4.98 Å². The minimum atomic E-state index is -1.45. The summed E-state index contributed by atoms with van der Waals surface area (Å²) < 4.78 is 0. The van der Waals surface area contributed by atoms with E-state index >= 15 is 0 Å². The molecule has 15 heteroatoms. The summed E-state index contributed by atoms with van der Waals surface area (Å²) in [5.41, 5.74) is -1.45. The van der Waals surface area contributed by atoms with E-state index in [0.717, 1.165) is 11.3 Å². The Hall–Kier alpha value is -1.58. The predicted octanol–water partition coefficient (Wildman–Crippen LogP) is -2.27. The molecule has 2 saturated heterocycles. The molecule has 2 aromatic rings. The van der Waals surface area contributed by atoms with Gasteiger partial charge in [0.05, 0.1) is 0 Å². The van der Waals surface area contributed by atoms with Crippen LogP contribution in [0.5, 0.6) is 0 Å². The van der Waals surface area contributed by atoms with Gasteiger partial charge in [0.25, 0.3) is 0 Å². The van der Waals surface area contributed by atoms with Gasteiger partial charge >= 0.3 is 35.5 Å². The number of hydrogen-bond donors (Lipinski definition) is 2. The standard InChI is InChI=1S/C16H16N6O5S3.Na.H/c1-7(23)18-14-20-19-12(30-14)16(13(26)27)5-21-10(25)9(11(21)29-6-16)22(8(2)24)15-17-3-4-28-15;;/h3-4,9,11H,5-6H2,1-2H3,(H,26,27)(H,18,20,23);;/q;+1;-1/t9?,11-,16?;;/m1../s1. The molecule has 2 aliphatic rings. The second-order valence-electron chi connectivity index (χ2n) is 6.80. The summed E-state index contributed by atoms with van der Waals surface area (Å²) in [5, 5.41) is 22.5. The summed E-state index contributed by atoms with van der Waals surface area (Å²) >= 11 is 3.51. The van der Waals surface area contributed by atoms with Gasteiger partial charge in [-0.05, 0) is 0 Å². The van der Waals surface area contributed by atoms with E-state index in [0.29, 0.717) is 5.13 Å². The van der Waals surface area contributed by atoms with E-state index in [1.165, 1.54) is 46.7 Å². The van der Waals surface area contributed by atoms with Gasteiger partial charge in [0.15, 0.2) is 5.13 Å². The fourth-order valence-electron chi connectivity index (χ4n) is 3.41. The van der Waals surface area contributed by atoms with Crippen LogP contribution in [0.15, 0.2) is 11.6 Å². The molecule has 0 aliphatic carbocycles. The number of nitrogens with zero attached hydrogens (tertiary/aromatic N) is 5. The minimum Gasteiger partial charge on any atom is -1.00 e. The number of anilines is 2. The van der Waals surface area contributed by atoms with Gasteiger partial charge in [0.1, 0.15) is 21.8 Å². The van der Waals surface area contributed by atoms with Crippen LogP contribution in [0, 0.1) is 0 Å². The summed E-state index contributed by atoms with van der Waals surface area (Å²) in [6, 6.07) is -0.727. The van der Waals surface area contributed by atoms with Gasteiger partial charge in [-0.3, -0.25) is 24.1 Å². The molecule has 2 N–H and O–H groups in total. The number of carbonyl (C=O) groups is 4. The molecular formula is C16H17N6NaO5S3. The van der Waals surface area contributed by atoms with Crippen LogP contribution < -0.4 is 39.8 Å². The first-order valence-corrected chi connectivity index (χ1v) is 11.5. The molecule has 160 valence electrons. The van der Waals surface area contributed by atoms with Crippen molar-refractivity contribution in [3.8, 4) is 0 Å². The largest absolute Gasteiger partial charge is 1.00 e. The molecule has 2 aliphatic heterocycles. The molecule has 2 fully saturated rings. The van der Waals surface area contributed by atoms with Gasteiger partial charge in [-0.2, -0.15) is 0 Å². The van der Waals surface area contributed by atoms with E-state index in [1.54, 1.807) is 11.6 Å². The average molecular weight is 493 g/mol. The number of thioether (sulfide) groups is 1. The van der Waals surface area contributed by atoms with E-state index in [1.807, 2.05) is 0 Å². The fraction of sp³-hybridized carbons (Fsp3) is 0.438. The molecule has 3 atom stereocenters. The SMILES string of the molecule is CC(=O)Nc1nnc(C2(C(=O)O)CS[C@@H]3C(N(C(C)=O)c4nccs4)C(=O)N3C2)s1.[H-].[Na+]. The minimum absolute atomic E-state index is 0. The number of carboxylic acids is 1. The number of amides is 3. The average Bonchev–Trinajstić information content (AvgIpc) is 3.36. The quantitative estimate of drug-likeness (QED) is 0.348. The monoisotopic (exact) mass is 492 g/mol. The Morgan fingerprint density at radius 3 is 2.68 bits per heavy atom. The van der Waals surface area contributed by atoms with E-state index in [2.05, 4.69) is 20.5 Å². The first kappa shape index (κ1) is 24.1. The molecule has 0 bridgehead atoms. The zero-order valence-electron chi connectivity index (χ0n) is 17.8. The fourth-order valence-corrected chi connectivity index (χ4v) is 6.77. The molecule has 0 spiro atoms. The Morgan fingerprint density at radius 1 is 1.35 bits per heavy atom. The molecule has 4 rings (SSSR count). The van der Waals surface area contributed by atoms with Gasteiger partial charge in [-0.1, -0.05) is 11.3 Å². The topological polar surface area (TPSA) is 146 Å². The number of carbonyl (C=O) groups excluding carboxylic acids is 3. The summed E-state index contributed by atoms with van der Waals surface area (Å²) in [4.78, 5) is 55.6. The van der Waals surface area contributed by atoms with Crippen LogP contribution >= 0.6 is 34.4 Å². The first-order valence-electron chi connectivity index (χ1n) is 8.71. The molecule has 0 aromatic carbocycles. The van der Waals surface area contributed by atoms with Crippen molar-refractivity contribution < 1.29 is 55.3 Å². The number of hydrogen-bond acceptors (Lipinski definition) is 10. The Morgan fingerprint density at radius 2 is 2.10 bits per heavy atom. The smallest absolute Gasteiger partial charge is 1.00 e. The van der Waals surface area contributed by atoms with Gasteiger partial charge in [-0.15, -0.1) is 33.3 Å². The van der Waals surface area contributed by atoms with Crippen LogP contribution in [0.25, 0.3) is 0 Å². The molecular weight excluding hydrogens is 475 g/mol. The number of rotatable bonds is 5. The summed E-state index contributed by atoms with van der Waals surface area (Å²) in [5.74, 6) is -1.96. The number of thiazole rings is 1. The molecule has 0 radical (unpaired) electrons. The Kier molecular flexibility index (Phi) is 7.08. The van der Waals surface area contributed by atoms with E-state index in [4.69, 9.17) is 0 Å². The van der Waals surface area contributed by atoms with E-state index in [9.17, 15) is 24.3 Å². The maximum absolute atomic E-state index is 12.9. The van der Waals surface area contributed by atoms with Crippen molar-refractivity contribution >= 4 is 68.4 Å². The molecule has 2 aromatic heterocycles. The first-order chi connectivity index (χ1) is 14.2. The molecule has 0 saturated carbocycles. The van der Waals surface area contributed by atoms with E-state index < -0.39 is 17.4 Å². The summed E-state index contributed by atoms with van der Waals surface area (Å²) in [7, 11) is 0. The van der Waals surface area contributed by atoms with Crippen molar-refractivity contribution in [3.05, 3.63) is 16.6 Å². The zero-order valence-corrected chi connectivity index (χ0v) is 21.2. The van der Waals surface area contributed by atoms with Crippen molar-refractivity contribution in [3.63, 3.8) is 0 Å². The molecule has 31 heavy (non-hydrogen) atoms. The number of aliphatic carboxylic acids is 1. The van der Waals surface area contributed by atoms with Crippen molar-refractivity contribution in [1.82, 2.24) is 20.1 Å². The van der Waals surface area contributed by atoms with Gasteiger partial charge in [0, 0.05) is 37.7 Å². The van der Waals surface area contributed by atoms with Gasteiger partial charge in [0.2, 0.25) is 22.9 Å². The third-order valence-corrected chi connectivity index (χ3v) is 8.15. The maximum Gasteiger partial charge on any atom is 1.00 e. The van der Waals surface area contributed by atoms with Crippen molar-refractivity contribution in [2.24, 2.45) is 0 Å². The summed E-state index contributed by atoms with van der Waals surface area (Å²) in [6.45, 7) is 2.60. The number of fused-ring (bicyclic) bond motifs is 1. The van der Waals surface area contributed by atoms with Gasteiger partial charge < -0.3 is 16.7 Å². The van der Waals surface area contributed by atoms with Crippen molar-refractivity contribution in [2.75, 3.05) is 22.5 Å². The number of β-lactam (4-membered cyclic amide) rings is 1. The molecule has 11 nitrogen and oxygen atoms in total. The molecule has 3 amide bonds. The predicted molar refractivity (Wildman–Crippen MR) is 112 cm³/mol. The zero-order chi connectivity index (χ0) is 21.6. The van der Waals surface area contributed by atoms with E-state index in [-0.39, 0.29) is 76.5 Å². The van der Waals surface area contributed by atoms with Crippen LogP contribution in [0.1, 0.15) is 20.3 Å². The normalized spacial score (nSPS) is 24.5. The summed E-state index contributed by atoms with van der Waals surface area (Å²) in [6.07, 6.45) is 1.56. The van der Waals surface area contributed by atoms with Crippen LogP contribution in [0.2, 0.25) is 0 Å². The molecule has 4 heterocycles. The third-order valence-electron chi connectivity index (χ3n) is 4.82. The number of nitrogens with one attached hydrogen (secondary N) is 1. The van der Waals surface area contributed by atoms with Crippen molar-refractivity contribution in [2.45, 2.75) is 30.7 Å². The van der Waals surface area contributed by atoms with Crippen LogP contribution in [0.3, 0.4) is 0 Å². The Bertz CT molecular complexity index is 1040. The Labute approximate surface area is 212 Å². The molecule has 2 unspecified atom stereocenters. The van der Waals surface area contributed by atoms with Crippen LogP contribution in [-0.4, -0.2) is 72.6 Å². The van der Waals surface area contributed by atoms with Crippen LogP contribution in [0.4, 0.5) is 10.3 Å². The number of carboxylic acid groups (broad SMARTS) is 1. The second kappa shape index (κ2) is 9.11. The van der Waals surface area contributed by atoms with Crippen molar-refractivity contribution in [1.29, 1.82) is 0 Å².